The summed E-state index contributed by atoms with van der Waals surface area (Å²) in [5.41, 5.74) is 1.29. The molecule has 1 rings (SSSR count). The summed E-state index contributed by atoms with van der Waals surface area (Å²) < 4.78 is 5.56. The van der Waals surface area contributed by atoms with Gasteiger partial charge in [0.2, 0.25) is 0 Å². The summed E-state index contributed by atoms with van der Waals surface area (Å²) in [6.45, 7) is 9.15. The van der Waals surface area contributed by atoms with Crippen LogP contribution in [0.5, 0.6) is 5.75 Å². The first-order chi connectivity index (χ1) is 6.45. The fourth-order valence-electron chi connectivity index (χ4n) is 1.39. The highest BCUT2D eigenvalue weighted by atomic mass is 35.5. The quantitative estimate of drug-likeness (QED) is 0.719. The van der Waals surface area contributed by atoms with Crippen molar-refractivity contribution in [3.8, 4) is 5.75 Å². The van der Waals surface area contributed by atoms with E-state index in [1.807, 2.05) is 25.1 Å². The second kappa shape index (κ2) is 4.22. The molecule has 0 aliphatic carbocycles. The first-order valence-corrected chi connectivity index (χ1v) is 5.25. The van der Waals surface area contributed by atoms with Gasteiger partial charge in [-0.3, -0.25) is 0 Å². The summed E-state index contributed by atoms with van der Waals surface area (Å²) in [4.78, 5) is 0. The van der Waals surface area contributed by atoms with Gasteiger partial charge in [0.1, 0.15) is 5.75 Å². The van der Waals surface area contributed by atoms with E-state index in [2.05, 4.69) is 20.8 Å². The molecule has 0 aliphatic rings. The van der Waals surface area contributed by atoms with Crippen molar-refractivity contribution in [3.63, 3.8) is 0 Å². The number of rotatable bonds is 2. The number of halogens is 1. The van der Waals surface area contributed by atoms with Crippen molar-refractivity contribution < 1.29 is 4.74 Å². The van der Waals surface area contributed by atoms with E-state index in [9.17, 15) is 0 Å². The lowest BCUT2D eigenvalue weighted by Gasteiger charge is -2.22. The molecule has 0 aromatic heterocycles. The molecule has 78 valence electrons. The lowest BCUT2D eigenvalue weighted by Crippen LogP contribution is -2.13. The van der Waals surface area contributed by atoms with Gasteiger partial charge in [-0.25, -0.2) is 0 Å². The van der Waals surface area contributed by atoms with E-state index in [0.29, 0.717) is 6.61 Å². The number of benzene rings is 1. The first-order valence-electron chi connectivity index (χ1n) is 4.88. The van der Waals surface area contributed by atoms with Crippen LogP contribution in [0.3, 0.4) is 0 Å². The van der Waals surface area contributed by atoms with Gasteiger partial charge in [0.15, 0.2) is 0 Å². The Kier molecular flexibility index (Phi) is 3.43. The van der Waals surface area contributed by atoms with Crippen molar-refractivity contribution in [3.05, 3.63) is 28.8 Å². The Labute approximate surface area is 91.0 Å². The molecule has 1 nitrogen and oxygen atoms in total. The number of hydrogen-bond acceptors (Lipinski definition) is 1. The molecule has 0 saturated heterocycles. The minimum atomic E-state index is 0.0924. The Bertz CT molecular complexity index is 313. The molecule has 0 unspecified atom stereocenters. The van der Waals surface area contributed by atoms with Crippen LogP contribution in [0, 0.1) is 0 Å². The molecular weight excluding hydrogens is 196 g/mol. The maximum absolute atomic E-state index is 5.92. The third-order valence-corrected chi connectivity index (χ3v) is 2.29. The molecule has 0 atom stereocenters. The summed E-state index contributed by atoms with van der Waals surface area (Å²) >= 11 is 5.92. The standard InChI is InChI=1S/C12H17ClO/c1-5-14-11-8-9(13)6-7-10(11)12(2,3)4/h6-8H,5H2,1-4H3. The Morgan fingerprint density at radius 2 is 1.93 bits per heavy atom. The van der Waals surface area contributed by atoms with Gasteiger partial charge >= 0.3 is 0 Å². The van der Waals surface area contributed by atoms with Crippen LogP contribution in [0.25, 0.3) is 0 Å². The molecule has 0 N–H and O–H groups in total. The molecule has 1 aromatic carbocycles. The summed E-state index contributed by atoms with van der Waals surface area (Å²) in [7, 11) is 0. The van der Waals surface area contributed by atoms with Gasteiger partial charge in [-0.1, -0.05) is 38.4 Å². The highest BCUT2D eigenvalue weighted by molar-refractivity contribution is 6.30. The lowest BCUT2D eigenvalue weighted by molar-refractivity contribution is 0.330. The maximum atomic E-state index is 5.92. The molecule has 0 saturated carbocycles. The van der Waals surface area contributed by atoms with Gasteiger partial charge < -0.3 is 4.74 Å². The zero-order chi connectivity index (χ0) is 10.8. The van der Waals surface area contributed by atoms with Gasteiger partial charge in [0, 0.05) is 5.02 Å². The Balaban J connectivity index is 3.15. The van der Waals surface area contributed by atoms with Crippen molar-refractivity contribution in [1.29, 1.82) is 0 Å². The van der Waals surface area contributed by atoms with E-state index in [1.54, 1.807) is 0 Å². The normalized spacial score (nSPS) is 11.5. The SMILES string of the molecule is CCOc1cc(Cl)ccc1C(C)(C)C. The van der Waals surface area contributed by atoms with E-state index in [4.69, 9.17) is 16.3 Å². The van der Waals surface area contributed by atoms with Crippen molar-refractivity contribution in [1.82, 2.24) is 0 Å². The summed E-state index contributed by atoms with van der Waals surface area (Å²) in [5.74, 6) is 0.896. The van der Waals surface area contributed by atoms with Crippen LogP contribution in [0.2, 0.25) is 5.02 Å². The van der Waals surface area contributed by atoms with Crippen LogP contribution >= 0.6 is 11.6 Å². The van der Waals surface area contributed by atoms with Gasteiger partial charge in [0.05, 0.1) is 6.61 Å². The van der Waals surface area contributed by atoms with Gasteiger partial charge in [0.25, 0.3) is 0 Å². The molecule has 0 bridgehead atoms. The minimum absolute atomic E-state index is 0.0924. The predicted molar refractivity (Wildman–Crippen MR) is 61.3 cm³/mol. The molecule has 0 radical (unpaired) electrons. The summed E-state index contributed by atoms with van der Waals surface area (Å²) in [5, 5.41) is 0.724. The van der Waals surface area contributed by atoms with Crippen LogP contribution in [-0.4, -0.2) is 6.61 Å². The fraction of sp³-hybridized carbons (Fsp3) is 0.500. The molecule has 0 spiro atoms. The van der Waals surface area contributed by atoms with Crippen molar-refractivity contribution in [2.75, 3.05) is 6.61 Å². The molecular formula is C12H17ClO. The number of hydrogen-bond donors (Lipinski definition) is 0. The lowest BCUT2D eigenvalue weighted by atomic mass is 9.86. The topological polar surface area (TPSA) is 9.23 Å². The second-order valence-corrected chi connectivity index (χ2v) is 4.76. The maximum Gasteiger partial charge on any atom is 0.124 e. The smallest absolute Gasteiger partial charge is 0.124 e. The third-order valence-electron chi connectivity index (χ3n) is 2.05. The predicted octanol–water partition coefficient (Wildman–Crippen LogP) is 4.04. The second-order valence-electron chi connectivity index (χ2n) is 4.32. The molecule has 1 aromatic rings. The summed E-state index contributed by atoms with van der Waals surface area (Å²) in [6.07, 6.45) is 0. The zero-order valence-electron chi connectivity index (χ0n) is 9.23. The van der Waals surface area contributed by atoms with Crippen LogP contribution < -0.4 is 4.74 Å². The third kappa shape index (κ3) is 2.65. The molecule has 14 heavy (non-hydrogen) atoms. The van der Waals surface area contributed by atoms with E-state index in [-0.39, 0.29) is 5.41 Å². The van der Waals surface area contributed by atoms with Crippen LogP contribution in [0.1, 0.15) is 33.3 Å². The fourth-order valence-corrected chi connectivity index (χ4v) is 1.55. The van der Waals surface area contributed by atoms with Gasteiger partial charge in [-0.2, -0.15) is 0 Å². The van der Waals surface area contributed by atoms with Gasteiger partial charge in [-0.05, 0) is 30.0 Å². The van der Waals surface area contributed by atoms with Crippen LogP contribution in [0.4, 0.5) is 0 Å². The monoisotopic (exact) mass is 212 g/mol. The Morgan fingerprint density at radius 3 is 2.43 bits per heavy atom. The molecule has 0 heterocycles. The first kappa shape index (κ1) is 11.4. The van der Waals surface area contributed by atoms with Crippen LogP contribution in [0.15, 0.2) is 18.2 Å². The summed E-state index contributed by atoms with van der Waals surface area (Å²) in [6, 6.07) is 5.82. The van der Waals surface area contributed by atoms with Crippen LogP contribution in [-0.2, 0) is 5.41 Å². The molecule has 0 aliphatic heterocycles. The van der Waals surface area contributed by atoms with Crippen molar-refractivity contribution >= 4 is 11.6 Å². The number of ether oxygens (including phenoxy) is 1. The molecule has 0 fully saturated rings. The van der Waals surface area contributed by atoms with Crippen molar-refractivity contribution in [2.24, 2.45) is 0 Å². The Hall–Kier alpha value is -0.690. The van der Waals surface area contributed by atoms with Crippen molar-refractivity contribution in [2.45, 2.75) is 33.1 Å². The van der Waals surface area contributed by atoms with E-state index in [1.165, 1.54) is 5.56 Å². The minimum Gasteiger partial charge on any atom is -0.494 e. The average molecular weight is 213 g/mol. The van der Waals surface area contributed by atoms with E-state index in [0.717, 1.165) is 10.8 Å². The van der Waals surface area contributed by atoms with Gasteiger partial charge in [-0.15, -0.1) is 0 Å². The average Bonchev–Trinajstić information content (AvgIpc) is 2.02. The molecule has 2 heteroatoms. The molecule has 0 amide bonds. The van der Waals surface area contributed by atoms with E-state index < -0.39 is 0 Å². The largest absolute Gasteiger partial charge is 0.494 e. The highest BCUT2D eigenvalue weighted by Crippen LogP contribution is 2.33. The zero-order valence-corrected chi connectivity index (χ0v) is 9.98. The Morgan fingerprint density at radius 1 is 1.29 bits per heavy atom. The highest BCUT2D eigenvalue weighted by Gasteiger charge is 2.18. The van der Waals surface area contributed by atoms with E-state index >= 15 is 0 Å².